The van der Waals surface area contributed by atoms with E-state index < -0.39 is 0 Å². The van der Waals surface area contributed by atoms with Gasteiger partial charge in [-0.05, 0) is 25.3 Å². The lowest BCUT2D eigenvalue weighted by Gasteiger charge is -2.09. The van der Waals surface area contributed by atoms with E-state index in [1.165, 1.54) is 29.7 Å². The number of ketones is 1. The molecule has 4 rings (SSSR count). The third-order valence-corrected chi connectivity index (χ3v) is 5.09. The Morgan fingerprint density at radius 1 is 1.04 bits per heavy atom. The lowest BCUT2D eigenvalue weighted by atomic mass is 10.1. The van der Waals surface area contributed by atoms with Gasteiger partial charge in [-0.15, -0.1) is 0 Å². The van der Waals surface area contributed by atoms with Gasteiger partial charge in [0.15, 0.2) is 11.9 Å². The molecule has 1 aliphatic carbocycles. The van der Waals surface area contributed by atoms with Crippen LogP contribution in [0.15, 0.2) is 72.9 Å². The summed E-state index contributed by atoms with van der Waals surface area (Å²) >= 11 is 0. The Morgan fingerprint density at radius 2 is 1.78 bits per heavy atom. The summed E-state index contributed by atoms with van der Waals surface area (Å²) in [6, 6.07) is 22.5. The van der Waals surface area contributed by atoms with E-state index in [9.17, 15) is 4.79 Å². The van der Waals surface area contributed by atoms with Crippen molar-refractivity contribution < 1.29 is 9.36 Å². The highest BCUT2D eigenvalue weighted by Crippen LogP contribution is 2.39. The molecule has 3 aromatic rings. The Bertz CT molecular complexity index is 928. The van der Waals surface area contributed by atoms with Crippen LogP contribution >= 0.6 is 0 Å². The van der Waals surface area contributed by atoms with Crippen molar-refractivity contribution in [2.24, 2.45) is 0 Å². The number of pyridine rings is 1. The fourth-order valence-electron chi connectivity index (χ4n) is 3.32. The molecule has 1 fully saturated rings. The van der Waals surface area contributed by atoms with Gasteiger partial charge in [-0.25, -0.2) is 0 Å². The molecule has 1 saturated carbocycles. The van der Waals surface area contributed by atoms with E-state index in [0.29, 0.717) is 12.5 Å². The number of anilines is 1. The van der Waals surface area contributed by atoms with Gasteiger partial charge < -0.3 is 5.32 Å². The molecule has 3 heteroatoms. The summed E-state index contributed by atoms with van der Waals surface area (Å²) in [6.07, 6.45) is 4.47. The summed E-state index contributed by atoms with van der Waals surface area (Å²) in [6.45, 7) is 3.24. The molecule has 136 valence electrons. The zero-order valence-electron chi connectivity index (χ0n) is 15.7. The monoisotopic (exact) mass is 357 g/mol. The molecule has 0 unspecified atom stereocenters. The van der Waals surface area contributed by atoms with Gasteiger partial charge in [-0.3, -0.25) is 4.79 Å². The summed E-state index contributed by atoms with van der Waals surface area (Å²) in [5.41, 5.74) is 5.58. The fraction of sp³-hybridized carbons (Fsp3) is 0.250. The molecule has 0 bridgehead atoms. The van der Waals surface area contributed by atoms with Gasteiger partial charge in [-0.2, -0.15) is 4.57 Å². The molecule has 1 aromatic heterocycles. The SMILES string of the molecule is Cc1ccc(C(=O)C[n+]2ccc(NCc3ccccc3)cc2C2CC2)cc1. The molecule has 1 N–H and O–H groups in total. The Kier molecular flexibility index (Phi) is 5.01. The number of carbonyl (C=O) groups excluding carboxylic acids is 1. The summed E-state index contributed by atoms with van der Waals surface area (Å²) in [4.78, 5) is 12.7. The van der Waals surface area contributed by atoms with E-state index >= 15 is 0 Å². The maximum Gasteiger partial charge on any atom is 0.227 e. The van der Waals surface area contributed by atoms with Crippen molar-refractivity contribution in [1.29, 1.82) is 0 Å². The number of nitrogens with zero attached hydrogens (tertiary/aromatic N) is 1. The lowest BCUT2D eigenvalue weighted by Crippen LogP contribution is -2.41. The van der Waals surface area contributed by atoms with E-state index in [1.54, 1.807) is 0 Å². The third kappa shape index (κ3) is 4.43. The highest BCUT2D eigenvalue weighted by Gasteiger charge is 2.33. The van der Waals surface area contributed by atoms with Crippen LogP contribution in [0.5, 0.6) is 0 Å². The largest absolute Gasteiger partial charge is 0.381 e. The first-order valence-electron chi connectivity index (χ1n) is 9.60. The molecule has 2 aromatic carbocycles. The van der Waals surface area contributed by atoms with Crippen molar-refractivity contribution in [3.63, 3.8) is 0 Å². The van der Waals surface area contributed by atoms with Gasteiger partial charge in [0, 0.05) is 35.8 Å². The Hall–Kier alpha value is -2.94. The van der Waals surface area contributed by atoms with Gasteiger partial charge >= 0.3 is 0 Å². The number of hydrogen-bond donors (Lipinski definition) is 1. The number of aryl methyl sites for hydroxylation is 1. The molecule has 0 aliphatic heterocycles. The lowest BCUT2D eigenvalue weighted by molar-refractivity contribution is -0.690. The van der Waals surface area contributed by atoms with Crippen LogP contribution in [0.25, 0.3) is 0 Å². The smallest absolute Gasteiger partial charge is 0.227 e. The quantitative estimate of drug-likeness (QED) is 0.493. The number of aromatic nitrogens is 1. The van der Waals surface area contributed by atoms with Gasteiger partial charge in [0.2, 0.25) is 12.3 Å². The molecule has 27 heavy (non-hydrogen) atoms. The summed E-state index contributed by atoms with van der Waals surface area (Å²) < 4.78 is 2.12. The first kappa shape index (κ1) is 17.5. The molecule has 0 saturated heterocycles. The molecular formula is C24H25N2O+. The highest BCUT2D eigenvalue weighted by molar-refractivity contribution is 5.95. The number of nitrogens with one attached hydrogen (secondary N) is 1. The number of hydrogen-bond acceptors (Lipinski definition) is 2. The number of benzene rings is 2. The van der Waals surface area contributed by atoms with Crippen LogP contribution in [0.3, 0.4) is 0 Å². The summed E-state index contributed by atoms with van der Waals surface area (Å²) in [5.74, 6) is 0.737. The second-order valence-corrected chi connectivity index (χ2v) is 7.37. The maximum absolute atomic E-state index is 12.7. The molecule has 1 aliphatic rings. The Labute approximate surface area is 160 Å². The van der Waals surface area contributed by atoms with Crippen LogP contribution < -0.4 is 9.88 Å². The minimum absolute atomic E-state index is 0.159. The fourth-order valence-corrected chi connectivity index (χ4v) is 3.32. The summed E-state index contributed by atoms with van der Waals surface area (Å²) in [5, 5.41) is 3.50. The predicted molar refractivity (Wildman–Crippen MR) is 108 cm³/mol. The van der Waals surface area contributed by atoms with E-state index in [0.717, 1.165) is 17.8 Å². The van der Waals surface area contributed by atoms with Gasteiger partial charge in [0.1, 0.15) is 0 Å². The molecule has 0 radical (unpaired) electrons. The van der Waals surface area contributed by atoms with Gasteiger partial charge in [0.25, 0.3) is 0 Å². The van der Waals surface area contributed by atoms with Crippen molar-refractivity contribution in [3.8, 4) is 0 Å². The Morgan fingerprint density at radius 3 is 2.48 bits per heavy atom. The van der Waals surface area contributed by atoms with E-state index in [1.807, 2.05) is 43.5 Å². The van der Waals surface area contributed by atoms with Crippen molar-refractivity contribution in [3.05, 3.63) is 95.3 Å². The average molecular weight is 357 g/mol. The minimum Gasteiger partial charge on any atom is -0.381 e. The Balaban J connectivity index is 1.49. The van der Waals surface area contributed by atoms with Crippen LogP contribution in [0, 0.1) is 6.92 Å². The second kappa shape index (κ2) is 7.75. The van der Waals surface area contributed by atoms with Crippen LogP contribution in [-0.4, -0.2) is 5.78 Å². The zero-order chi connectivity index (χ0) is 18.6. The topological polar surface area (TPSA) is 33.0 Å². The standard InChI is InChI=1S/C24H24N2O/c1-18-7-9-21(10-8-18)24(27)17-26-14-13-22(15-23(26)20-11-12-20)25-16-19-5-3-2-4-6-19/h2-10,13-15,20H,11-12,16-17H2,1H3/p+1. The first-order chi connectivity index (χ1) is 13.2. The minimum atomic E-state index is 0.159. The second-order valence-electron chi connectivity index (χ2n) is 7.37. The maximum atomic E-state index is 12.7. The molecule has 3 nitrogen and oxygen atoms in total. The highest BCUT2D eigenvalue weighted by atomic mass is 16.1. The predicted octanol–water partition coefficient (Wildman–Crippen LogP) is 4.65. The molecule has 0 amide bonds. The van der Waals surface area contributed by atoms with Crippen LogP contribution in [-0.2, 0) is 13.1 Å². The van der Waals surface area contributed by atoms with Crippen LogP contribution in [0.2, 0.25) is 0 Å². The van der Waals surface area contributed by atoms with Crippen LogP contribution in [0.1, 0.15) is 45.9 Å². The number of carbonyl (C=O) groups is 1. The van der Waals surface area contributed by atoms with Crippen molar-refractivity contribution in [2.45, 2.75) is 38.8 Å². The molecule has 1 heterocycles. The van der Waals surface area contributed by atoms with E-state index in [-0.39, 0.29) is 5.78 Å². The average Bonchev–Trinajstić information content (AvgIpc) is 3.53. The first-order valence-corrected chi connectivity index (χ1v) is 9.60. The zero-order valence-corrected chi connectivity index (χ0v) is 15.7. The normalized spacial score (nSPS) is 13.4. The van der Waals surface area contributed by atoms with E-state index in [2.05, 4.69) is 46.3 Å². The third-order valence-electron chi connectivity index (χ3n) is 5.09. The van der Waals surface area contributed by atoms with Crippen molar-refractivity contribution in [1.82, 2.24) is 0 Å². The molecule has 0 spiro atoms. The number of Topliss-reactive ketones (excluding diaryl/α,β-unsaturated/α-hetero) is 1. The molecule has 0 atom stereocenters. The van der Waals surface area contributed by atoms with Gasteiger partial charge in [0.05, 0.1) is 0 Å². The van der Waals surface area contributed by atoms with E-state index in [4.69, 9.17) is 0 Å². The number of rotatable bonds is 7. The van der Waals surface area contributed by atoms with Crippen molar-refractivity contribution >= 4 is 11.5 Å². The summed E-state index contributed by atoms with van der Waals surface area (Å²) in [7, 11) is 0. The van der Waals surface area contributed by atoms with Gasteiger partial charge in [-0.1, -0.05) is 60.2 Å². The van der Waals surface area contributed by atoms with Crippen LogP contribution in [0.4, 0.5) is 5.69 Å². The molecular weight excluding hydrogens is 332 g/mol. The van der Waals surface area contributed by atoms with Crippen molar-refractivity contribution in [2.75, 3.05) is 5.32 Å².